The van der Waals surface area contributed by atoms with Gasteiger partial charge in [0, 0.05) is 31.4 Å². The second-order valence-corrected chi connectivity index (χ2v) is 8.38. The first kappa shape index (κ1) is 21.5. The van der Waals surface area contributed by atoms with Crippen LogP contribution in [-0.2, 0) is 6.54 Å². The lowest BCUT2D eigenvalue weighted by atomic mass is 10.0. The average Bonchev–Trinajstić information content (AvgIpc) is 3.54. The maximum atomic E-state index is 13.5. The minimum Gasteiger partial charge on any atom is -0.463 e. The van der Waals surface area contributed by atoms with Gasteiger partial charge in [-0.15, -0.1) is 0 Å². The number of rotatable bonds is 6. The van der Waals surface area contributed by atoms with E-state index in [4.69, 9.17) is 4.42 Å². The molecular weight excluding hydrogens is 428 g/mol. The Morgan fingerprint density at radius 2 is 1.94 bits per heavy atom. The molecule has 0 fully saturated rings. The first-order valence-electron chi connectivity index (χ1n) is 11.1. The molecule has 1 aromatic carbocycles. The van der Waals surface area contributed by atoms with Crippen molar-refractivity contribution < 1.29 is 9.21 Å². The molecule has 4 heterocycles. The average molecular weight is 453 g/mol. The van der Waals surface area contributed by atoms with Crippen molar-refractivity contribution in [1.29, 1.82) is 0 Å². The van der Waals surface area contributed by atoms with Gasteiger partial charge in [-0.3, -0.25) is 9.78 Å². The summed E-state index contributed by atoms with van der Waals surface area (Å²) in [4.78, 5) is 28.6. The molecule has 1 amide bonds. The summed E-state index contributed by atoms with van der Waals surface area (Å²) < 4.78 is 7.10. The Hall–Kier alpha value is -4.33. The van der Waals surface area contributed by atoms with Crippen molar-refractivity contribution in [2.45, 2.75) is 26.3 Å². The molecule has 0 saturated carbocycles. The molecule has 0 saturated heterocycles. The molecule has 0 radical (unpaired) electrons. The number of carbonyl (C=O) groups is 1. The first-order valence-corrected chi connectivity index (χ1v) is 11.1. The molecule has 5 rings (SSSR count). The third kappa shape index (κ3) is 3.94. The number of furan rings is 1. The highest BCUT2D eigenvalue weighted by molar-refractivity contribution is 5.95. The number of amides is 1. The van der Waals surface area contributed by atoms with Crippen molar-refractivity contribution >= 4 is 16.8 Å². The van der Waals surface area contributed by atoms with Crippen LogP contribution in [0.1, 0.15) is 41.4 Å². The van der Waals surface area contributed by atoms with Crippen LogP contribution in [0, 0.1) is 0 Å². The first-order chi connectivity index (χ1) is 16.5. The lowest BCUT2D eigenvalue weighted by molar-refractivity contribution is 0.0784. The number of benzene rings is 1. The van der Waals surface area contributed by atoms with E-state index in [1.807, 2.05) is 56.3 Å². The lowest BCUT2D eigenvalue weighted by Crippen LogP contribution is -2.27. The Morgan fingerprint density at radius 1 is 1.06 bits per heavy atom. The fourth-order valence-corrected chi connectivity index (χ4v) is 4.09. The maximum Gasteiger partial charge on any atom is 0.257 e. The maximum absolute atomic E-state index is 13.5. The van der Waals surface area contributed by atoms with Gasteiger partial charge in [-0.05, 0) is 41.8 Å². The van der Waals surface area contributed by atoms with Gasteiger partial charge in [-0.25, -0.2) is 14.6 Å². The Morgan fingerprint density at radius 3 is 2.74 bits per heavy atom. The number of hydrogen-bond donors (Lipinski definition) is 0. The van der Waals surface area contributed by atoms with Crippen LogP contribution >= 0.6 is 0 Å². The van der Waals surface area contributed by atoms with Crippen LogP contribution in [0.4, 0.5) is 0 Å². The summed E-state index contributed by atoms with van der Waals surface area (Å²) in [5.74, 6) is 0.937. The third-order valence-corrected chi connectivity index (χ3v) is 5.68. The van der Waals surface area contributed by atoms with E-state index in [1.165, 1.54) is 0 Å². The monoisotopic (exact) mass is 452 g/mol. The molecule has 0 aliphatic carbocycles. The molecule has 0 unspecified atom stereocenters. The summed E-state index contributed by atoms with van der Waals surface area (Å²) in [6, 6.07) is 15.3. The largest absolute Gasteiger partial charge is 0.463 e. The highest BCUT2D eigenvalue weighted by atomic mass is 16.3. The van der Waals surface area contributed by atoms with Gasteiger partial charge < -0.3 is 9.32 Å². The van der Waals surface area contributed by atoms with Crippen LogP contribution in [-0.4, -0.2) is 42.6 Å². The minimum absolute atomic E-state index is 0.0208. The Labute approximate surface area is 196 Å². The van der Waals surface area contributed by atoms with Crippen LogP contribution in [0.25, 0.3) is 28.3 Å². The third-order valence-electron chi connectivity index (χ3n) is 5.68. The molecule has 8 heteroatoms. The van der Waals surface area contributed by atoms with Crippen molar-refractivity contribution in [3.05, 3.63) is 90.2 Å². The standard InChI is InChI=1S/C26H24N6O2/c1-17(2)24-20(15-29-32(24)26-28-13-11-22(30-26)23-10-6-14-34-23)25(33)31(3)16-18-7-4-9-21-19(18)8-5-12-27-21/h4-15,17H,16H2,1-3H3. The van der Waals surface area contributed by atoms with E-state index in [0.717, 1.165) is 22.2 Å². The molecule has 0 spiro atoms. The molecule has 0 bridgehead atoms. The van der Waals surface area contributed by atoms with Gasteiger partial charge in [0.1, 0.15) is 5.69 Å². The molecule has 0 aliphatic rings. The zero-order valence-corrected chi connectivity index (χ0v) is 19.2. The fourth-order valence-electron chi connectivity index (χ4n) is 4.09. The van der Waals surface area contributed by atoms with Gasteiger partial charge in [0.05, 0.1) is 29.2 Å². The summed E-state index contributed by atoms with van der Waals surface area (Å²) in [6.07, 6.45) is 6.63. The Bertz CT molecular complexity index is 1450. The van der Waals surface area contributed by atoms with Gasteiger partial charge in [-0.1, -0.05) is 32.0 Å². The molecule has 34 heavy (non-hydrogen) atoms. The van der Waals surface area contributed by atoms with E-state index in [-0.39, 0.29) is 11.8 Å². The second-order valence-electron chi connectivity index (χ2n) is 8.38. The highest BCUT2D eigenvalue weighted by Crippen LogP contribution is 2.25. The van der Waals surface area contributed by atoms with Gasteiger partial charge in [-0.2, -0.15) is 5.10 Å². The SMILES string of the molecule is CC(C)c1c(C(=O)N(C)Cc2cccc3ncccc23)cnn1-c1nccc(-c2ccco2)n1. The normalized spacial score (nSPS) is 11.3. The predicted molar refractivity (Wildman–Crippen MR) is 128 cm³/mol. The molecule has 0 N–H and O–H groups in total. The van der Waals surface area contributed by atoms with E-state index >= 15 is 0 Å². The number of pyridine rings is 1. The molecular formula is C26H24N6O2. The zero-order valence-electron chi connectivity index (χ0n) is 19.2. The summed E-state index contributed by atoms with van der Waals surface area (Å²) in [7, 11) is 1.80. The zero-order chi connectivity index (χ0) is 23.7. The molecule has 0 aliphatic heterocycles. The number of aromatic nitrogens is 5. The number of fused-ring (bicyclic) bond motifs is 1. The topological polar surface area (TPSA) is 89.9 Å². The smallest absolute Gasteiger partial charge is 0.257 e. The van der Waals surface area contributed by atoms with Gasteiger partial charge in [0.25, 0.3) is 11.9 Å². The molecule has 5 aromatic rings. The van der Waals surface area contributed by atoms with Crippen LogP contribution < -0.4 is 0 Å². The van der Waals surface area contributed by atoms with Gasteiger partial charge in [0.2, 0.25) is 0 Å². The Balaban J connectivity index is 1.48. The van der Waals surface area contributed by atoms with Gasteiger partial charge >= 0.3 is 0 Å². The van der Waals surface area contributed by atoms with Gasteiger partial charge in [0.15, 0.2) is 5.76 Å². The van der Waals surface area contributed by atoms with E-state index < -0.39 is 0 Å². The lowest BCUT2D eigenvalue weighted by Gasteiger charge is -2.19. The molecule has 4 aromatic heterocycles. The van der Waals surface area contributed by atoms with Crippen LogP contribution in [0.15, 0.2) is 77.8 Å². The quantitative estimate of drug-likeness (QED) is 0.365. The molecule has 170 valence electrons. The van der Waals surface area contributed by atoms with Crippen molar-refractivity contribution in [3.63, 3.8) is 0 Å². The number of hydrogen-bond acceptors (Lipinski definition) is 6. The van der Waals surface area contributed by atoms with E-state index in [2.05, 4.69) is 20.1 Å². The molecule has 0 atom stereocenters. The van der Waals surface area contributed by atoms with Crippen molar-refractivity contribution in [1.82, 2.24) is 29.6 Å². The number of nitrogens with zero attached hydrogens (tertiary/aromatic N) is 6. The van der Waals surface area contributed by atoms with E-state index in [9.17, 15) is 4.79 Å². The van der Waals surface area contributed by atoms with E-state index in [1.54, 1.807) is 47.5 Å². The highest BCUT2D eigenvalue weighted by Gasteiger charge is 2.25. The fraction of sp³-hybridized carbons (Fsp3) is 0.192. The van der Waals surface area contributed by atoms with Crippen molar-refractivity contribution in [2.75, 3.05) is 7.05 Å². The summed E-state index contributed by atoms with van der Waals surface area (Å²) in [5, 5.41) is 5.53. The summed E-state index contributed by atoms with van der Waals surface area (Å²) in [5.41, 5.74) is 3.88. The van der Waals surface area contributed by atoms with Crippen LogP contribution in [0.5, 0.6) is 0 Å². The van der Waals surface area contributed by atoms with E-state index in [0.29, 0.717) is 29.5 Å². The number of carbonyl (C=O) groups excluding carboxylic acids is 1. The van der Waals surface area contributed by atoms with Crippen LogP contribution in [0.2, 0.25) is 0 Å². The summed E-state index contributed by atoms with van der Waals surface area (Å²) >= 11 is 0. The second kappa shape index (κ2) is 8.90. The minimum atomic E-state index is -0.113. The summed E-state index contributed by atoms with van der Waals surface area (Å²) in [6.45, 7) is 4.50. The Kier molecular flexibility index (Phi) is 5.63. The van der Waals surface area contributed by atoms with Crippen molar-refractivity contribution in [3.8, 4) is 17.4 Å². The predicted octanol–water partition coefficient (Wildman–Crippen LogP) is 4.87. The van der Waals surface area contributed by atoms with Crippen molar-refractivity contribution in [2.24, 2.45) is 0 Å². The molecule has 8 nitrogen and oxygen atoms in total. The van der Waals surface area contributed by atoms with Crippen LogP contribution in [0.3, 0.4) is 0 Å².